The summed E-state index contributed by atoms with van der Waals surface area (Å²) in [6.45, 7) is 1.82. The fourth-order valence-corrected chi connectivity index (χ4v) is 0.954. The molecule has 0 aromatic heterocycles. The molecule has 14 heavy (non-hydrogen) atoms. The number of primary amides is 1. The number of nitrogens with two attached hydrogens (primary N) is 1. The van der Waals surface area contributed by atoms with Crippen molar-refractivity contribution >= 4 is 18.9 Å². The van der Waals surface area contributed by atoms with E-state index >= 15 is 0 Å². The molecule has 5 N–H and O–H groups in total. The molecule has 0 fully saturated rings. The average Bonchev–Trinajstić information content (AvgIpc) is 2.02. The van der Waals surface area contributed by atoms with Gasteiger partial charge in [0.2, 0.25) is 11.8 Å². The van der Waals surface area contributed by atoms with Crippen LogP contribution in [0.1, 0.15) is 26.2 Å². The standard InChI is InChI=1S/C7H15BN2O4/c1-2-3-7(12)10-5(8(13)14)4-6(9)11/h5,13-14H,2-4H2,1H3,(H2,9,11)(H,10,12)/t5-/m1/s1. The molecule has 1 atom stereocenters. The molecule has 0 rings (SSSR count). The van der Waals surface area contributed by atoms with Crippen molar-refractivity contribution in [2.75, 3.05) is 0 Å². The maximum atomic E-state index is 11.1. The zero-order valence-corrected chi connectivity index (χ0v) is 8.06. The van der Waals surface area contributed by atoms with Crippen molar-refractivity contribution in [1.82, 2.24) is 5.32 Å². The van der Waals surface area contributed by atoms with Crippen LogP contribution in [0.15, 0.2) is 0 Å². The zero-order chi connectivity index (χ0) is 11.1. The Morgan fingerprint density at radius 2 is 2.07 bits per heavy atom. The lowest BCUT2D eigenvalue weighted by Gasteiger charge is -2.15. The summed E-state index contributed by atoms with van der Waals surface area (Å²) in [6.07, 6.45) is 0.645. The molecule has 0 heterocycles. The SMILES string of the molecule is CCCC(=O)N[C@H](CC(N)=O)B(O)O. The lowest BCUT2D eigenvalue weighted by Crippen LogP contribution is -2.48. The van der Waals surface area contributed by atoms with Crippen molar-refractivity contribution in [1.29, 1.82) is 0 Å². The molecule has 0 aliphatic carbocycles. The zero-order valence-electron chi connectivity index (χ0n) is 8.06. The molecule has 0 aliphatic rings. The van der Waals surface area contributed by atoms with Crippen LogP contribution in [0.25, 0.3) is 0 Å². The highest BCUT2D eigenvalue weighted by atomic mass is 16.4. The second-order valence-electron chi connectivity index (χ2n) is 3.01. The number of rotatable bonds is 6. The van der Waals surface area contributed by atoms with Gasteiger partial charge in [0.05, 0.1) is 5.94 Å². The molecule has 0 aliphatic heterocycles. The van der Waals surface area contributed by atoms with Crippen molar-refractivity contribution < 1.29 is 19.6 Å². The molecule has 7 heteroatoms. The Kier molecular flexibility index (Phi) is 5.90. The molecule has 0 aromatic carbocycles. The third-order valence-corrected chi connectivity index (χ3v) is 1.60. The molecule has 0 radical (unpaired) electrons. The molecule has 2 amide bonds. The maximum Gasteiger partial charge on any atom is 0.475 e. The molecule has 0 saturated heterocycles. The summed E-state index contributed by atoms with van der Waals surface area (Å²) in [6, 6.07) is 0. The highest BCUT2D eigenvalue weighted by molar-refractivity contribution is 6.44. The first kappa shape index (κ1) is 12.9. The smallest absolute Gasteiger partial charge is 0.426 e. The fraction of sp³-hybridized carbons (Fsp3) is 0.714. The molecule has 0 spiro atoms. The van der Waals surface area contributed by atoms with Gasteiger partial charge in [-0.25, -0.2) is 0 Å². The number of amides is 2. The Hall–Kier alpha value is -1.08. The first-order valence-electron chi connectivity index (χ1n) is 4.41. The largest absolute Gasteiger partial charge is 0.475 e. The van der Waals surface area contributed by atoms with Crippen LogP contribution in [-0.2, 0) is 9.59 Å². The van der Waals surface area contributed by atoms with Gasteiger partial charge in [-0.3, -0.25) is 9.59 Å². The Labute approximate surface area is 82.6 Å². The van der Waals surface area contributed by atoms with Crippen LogP contribution in [0, 0.1) is 0 Å². The van der Waals surface area contributed by atoms with Gasteiger partial charge in [0, 0.05) is 12.8 Å². The molecule has 0 saturated carbocycles. The summed E-state index contributed by atoms with van der Waals surface area (Å²) in [7, 11) is -1.77. The van der Waals surface area contributed by atoms with E-state index in [0.717, 1.165) is 0 Å². The summed E-state index contributed by atoms with van der Waals surface area (Å²) in [5, 5.41) is 19.9. The van der Waals surface area contributed by atoms with Crippen LogP contribution in [0.4, 0.5) is 0 Å². The van der Waals surface area contributed by atoms with Gasteiger partial charge in [0.15, 0.2) is 0 Å². The van der Waals surface area contributed by atoms with Crippen LogP contribution >= 0.6 is 0 Å². The van der Waals surface area contributed by atoms with E-state index in [0.29, 0.717) is 6.42 Å². The summed E-state index contributed by atoms with van der Waals surface area (Å²) < 4.78 is 0. The Bertz CT molecular complexity index is 210. The molecular formula is C7H15BN2O4. The minimum absolute atomic E-state index is 0.280. The third-order valence-electron chi connectivity index (χ3n) is 1.60. The predicted octanol–water partition coefficient (Wildman–Crippen LogP) is -1.84. The predicted molar refractivity (Wildman–Crippen MR) is 50.8 cm³/mol. The first-order valence-corrected chi connectivity index (χ1v) is 4.41. The van der Waals surface area contributed by atoms with E-state index in [2.05, 4.69) is 5.32 Å². The van der Waals surface area contributed by atoms with Crippen LogP contribution < -0.4 is 11.1 Å². The van der Waals surface area contributed by atoms with Crippen molar-refractivity contribution in [3.63, 3.8) is 0 Å². The minimum atomic E-state index is -1.77. The molecule has 0 aromatic rings. The Morgan fingerprint density at radius 1 is 1.50 bits per heavy atom. The Morgan fingerprint density at radius 3 is 2.43 bits per heavy atom. The minimum Gasteiger partial charge on any atom is -0.426 e. The summed E-state index contributed by atoms with van der Waals surface area (Å²) in [5.41, 5.74) is 4.87. The van der Waals surface area contributed by atoms with Crippen LogP contribution in [0.2, 0.25) is 0 Å². The van der Waals surface area contributed by atoms with E-state index in [1.165, 1.54) is 0 Å². The van der Waals surface area contributed by atoms with E-state index in [1.807, 2.05) is 6.92 Å². The molecule has 6 nitrogen and oxygen atoms in total. The van der Waals surface area contributed by atoms with Gasteiger partial charge in [-0.2, -0.15) is 0 Å². The van der Waals surface area contributed by atoms with Gasteiger partial charge in [-0.1, -0.05) is 6.92 Å². The maximum absolute atomic E-state index is 11.1. The normalized spacial score (nSPS) is 11.9. The first-order chi connectivity index (χ1) is 6.47. The second-order valence-corrected chi connectivity index (χ2v) is 3.01. The highest BCUT2D eigenvalue weighted by Crippen LogP contribution is 1.95. The van der Waals surface area contributed by atoms with E-state index in [1.54, 1.807) is 0 Å². The number of hydrogen-bond acceptors (Lipinski definition) is 4. The summed E-state index contributed by atoms with van der Waals surface area (Å²) in [4.78, 5) is 21.6. The van der Waals surface area contributed by atoms with E-state index in [-0.39, 0.29) is 18.7 Å². The van der Waals surface area contributed by atoms with Crippen molar-refractivity contribution in [2.45, 2.75) is 32.1 Å². The second kappa shape index (κ2) is 6.39. The van der Waals surface area contributed by atoms with Crippen LogP contribution in [0.3, 0.4) is 0 Å². The van der Waals surface area contributed by atoms with Gasteiger partial charge in [0.1, 0.15) is 0 Å². The van der Waals surface area contributed by atoms with Gasteiger partial charge >= 0.3 is 7.12 Å². The van der Waals surface area contributed by atoms with Crippen molar-refractivity contribution in [2.24, 2.45) is 5.73 Å². The monoisotopic (exact) mass is 202 g/mol. The molecule has 0 unspecified atom stereocenters. The fourth-order valence-electron chi connectivity index (χ4n) is 0.954. The van der Waals surface area contributed by atoms with Gasteiger partial charge in [-0.15, -0.1) is 0 Å². The quantitative estimate of drug-likeness (QED) is 0.379. The van der Waals surface area contributed by atoms with E-state index in [4.69, 9.17) is 15.8 Å². The molecule has 0 bridgehead atoms. The lowest BCUT2D eigenvalue weighted by atomic mass is 9.77. The van der Waals surface area contributed by atoms with E-state index < -0.39 is 19.0 Å². The average molecular weight is 202 g/mol. The highest BCUT2D eigenvalue weighted by Gasteiger charge is 2.26. The van der Waals surface area contributed by atoms with E-state index in [9.17, 15) is 9.59 Å². The number of nitrogens with one attached hydrogen (secondary N) is 1. The number of carbonyl (C=O) groups is 2. The summed E-state index contributed by atoms with van der Waals surface area (Å²) in [5.74, 6) is -2.04. The van der Waals surface area contributed by atoms with Gasteiger partial charge in [0.25, 0.3) is 0 Å². The number of hydrogen-bond donors (Lipinski definition) is 4. The van der Waals surface area contributed by atoms with Crippen LogP contribution in [0.5, 0.6) is 0 Å². The van der Waals surface area contributed by atoms with Crippen molar-refractivity contribution in [3.8, 4) is 0 Å². The Balaban J connectivity index is 4.09. The summed E-state index contributed by atoms with van der Waals surface area (Å²) >= 11 is 0. The molecular weight excluding hydrogens is 187 g/mol. The number of carbonyl (C=O) groups excluding carboxylic acids is 2. The lowest BCUT2D eigenvalue weighted by molar-refractivity contribution is -0.122. The topological polar surface area (TPSA) is 113 Å². The van der Waals surface area contributed by atoms with Gasteiger partial charge in [-0.05, 0) is 6.42 Å². The van der Waals surface area contributed by atoms with Crippen LogP contribution in [-0.4, -0.2) is 34.9 Å². The third kappa shape index (κ3) is 5.55. The van der Waals surface area contributed by atoms with Gasteiger partial charge < -0.3 is 21.1 Å². The molecule has 80 valence electrons. The van der Waals surface area contributed by atoms with Crippen molar-refractivity contribution in [3.05, 3.63) is 0 Å².